The summed E-state index contributed by atoms with van der Waals surface area (Å²) in [7, 11) is 0. The van der Waals surface area contributed by atoms with Gasteiger partial charge in [-0.2, -0.15) is 0 Å². The van der Waals surface area contributed by atoms with Crippen molar-refractivity contribution in [1.82, 2.24) is 0 Å². The fraction of sp³-hybridized carbons (Fsp3) is 0.750. The van der Waals surface area contributed by atoms with Crippen LogP contribution in [0.3, 0.4) is 0 Å². The van der Waals surface area contributed by atoms with Crippen molar-refractivity contribution in [3.63, 3.8) is 0 Å². The van der Waals surface area contributed by atoms with Crippen molar-refractivity contribution in [3.05, 3.63) is 24.3 Å². The molecule has 2 fully saturated rings. The van der Waals surface area contributed by atoms with E-state index in [2.05, 4.69) is 46.4 Å². The first-order chi connectivity index (χ1) is 9.90. The Kier molecular flexibility index (Phi) is 3.66. The van der Waals surface area contributed by atoms with E-state index in [-0.39, 0.29) is 5.92 Å². The van der Waals surface area contributed by atoms with E-state index in [1.165, 1.54) is 19.3 Å². The van der Waals surface area contributed by atoms with Crippen molar-refractivity contribution < 1.29 is 4.79 Å². The van der Waals surface area contributed by atoms with Crippen LogP contribution in [0.25, 0.3) is 0 Å². The van der Waals surface area contributed by atoms with Gasteiger partial charge < -0.3 is 0 Å². The number of hydrogen-bond donors (Lipinski definition) is 0. The van der Waals surface area contributed by atoms with Gasteiger partial charge in [-0.1, -0.05) is 32.9 Å². The van der Waals surface area contributed by atoms with Crippen LogP contribution in [0.15, 0.2) is 24.3 Å². The Balaban J connectivity index is 2.06. The van der Waals surface area contributed by atoms with E-state index < -0.39 is 0 Å². The molecule has 3 rings (SSSR count). The smallest absolute Gasteiger partial charge is 0.162 e. The molecule has 0 heterocycles. The van der Waals surface area contributed by atoms with E-state index in [1.807, 2.05) is 0 Å². The van der Waals surface area contributed by atoms with E-state index in [4.69, 9.17) is 0 Å². The van der Waals surface area contributed by atoms with Crippen LogP contribution in [0, 0.1) is 40.9 Å². The molecule has 0 N–H and O–H groups in total. The van der Waals surface area contributed by atoms with Gasteiger partial charge in [0.15, 0.2) is 5.78 Å². The lowest BCUT2D eigenvalue weighted by atomic mass is 9.64. The highest BCUT2D eigenvalue weighted by Crippen LogP contribution is 2.62. The van der Waals surface area contributed by atoms with E-state index in [1.54, 1.807) is 0 Å². The fourth-order valence-electron chi connectivity index (χ4n) is 5.83. The normalized spacial score (nSPS) is 46.0. The Morgan fingerprint density at radius 2 is 2.05 bits per heavy atom. The summed E-state index contributed by atoms with van der Waals surface area (Å²) in [5.41, 5.74) is 1.35. The maximum Gasteiger partial charge on any atom is 0.162 e. The van der Waals surface area contributed by atoms with Crippen LogP contribution in [-0.4, -0.2) is 5.78 Å². The molecule has 3 aliphatic rings. The highest BCUT2D eigenvalue weighted by molar-refractivity contribution is 5.97. The van der Waals surface area contributed by atoms with Crippen molar-refractivity contribution in [3.8, 4) is 0 Å². The summed E-state index contributed by atoms with van der Waals surface area (Å²) >= 11 is 0. The summed E-state index contributed by atoms with van der Waals surface area (Å²) in [5, 5.41) is 0. The number of hydrogen-bond acceptors (Lipinski definition) is 1. The van der Waals surface area contributed by atoms with Crippen LogP contribution in [0.4, 0.5) is 0 Å². The largest absolute Gasteiger partial charge is 0.294 e. The molecule has 0 aromatic heterocycles. The van der Waals surface area contributed by atoms with Crippen LogP contribution in [0.2, 0.25) is 0 Å². The van der Waals surface area contributed by atoms with Gasteiger partial charge in [0.1, 0.15) is 0 Å². The summed E-state index contributed by atoms with van der Waals surface area (Å²) in [6.07, 6.45) is 9.41. The fourth-order valence-corrected chi connectivity index (χ4v) is 5.83. The molecule has 0 unspecified atom stereocenters. The number of carbonyl (C=O) groups is 1. The molecule has 0 aromatic carbocycles. The first-order valence-electron chi connectivity index (χ1n) is 8.75. The van der Waals surface area contributed by atoms with Crippen LogP contribution >= 0.6 is 0 Å². The number of ketones is 1. The molecule has 3 aliphatic carbocycles. The highest BCUT2D eigenvalue weighted by Gasteiger charge is 2.57. The van der Waals surface area contributed by atoms with Crippen molar-refractivity contribution in [2.75, 3.05) is 0 Å². The molecule has 0 aliphatic heterocycles. The summed E-state index contributed by atoms with van der Waals surface area (Å²) in [5.74, 6) is 3.65. The van der Waals surface area contributed by atoms with E-state index in [9.17, 15) is 4.79 Å². The Morgan fingerprint density at radius 1 is 1.33 bits per heavy atom. The van der Waals surface area contributed by atoms with E-state index >= 15 is 0 Å². The standard InChI is InChI=1S/C20H30O/c1-6-14-7-8-16-18(14)19(21)13(4)11-17-15(12(2)3)9-10-20(16,17)5/h6,11-12,14-18H,1,7-10H2,2-5H3/t14-,15-,16-,17-,18+,20+/m0/s1. The maximum atomic E-state index is 12.9. The summed E-state index contributed by atoms with van der Waals surface area (Å²) < 4.78 is 0. The zero-order valence-corrected chi connectivity index (χ0v) is 14.1. The van der Waals surface area contributed by atoms with Crippen molar-refractivity contribution in [2.24, 2.45) is 40.9 Å². The third-order valence-corrected chi connectivity index (χ3v) is 7.07. The monoisotopic (exact) mass is 286 g/mol. The van der Waals surface area contributed by atoms with Crippen molar-refractivity contribution >= 4 is 5.78 Å². The number of allylic oxidation sites excluding steroid dienone is 3. The molecule has 0 spiro atoms. The molecular formula is C20H30O. The summed E-state index contributed by atoms with van der Waals surface area (Å²) in [4.78, 5) is 12.9. The zero-order chi connectivity index (χ0) is 15.4. The predicted molar refractivity (Wildman–Crippen MR) is 87.8 cm³/mol. The molecule has 0 saturated heterocycles. The van der Waals surface area contributed by atoms with Gasteiger partial charge in [-0.3, -0.25) is 4.79 Å². The third kappa shape index (κ3) is 2.07. The van der Waals surface area contributed by atoms with Gasteiger partial charge in [0.2, 0.25) is 0 Å². The molecule has 0 bridgehead atoms. The summed E-state index contributed by atoms with van der Waals surface area (Å²) in [6.45, 7) is 13.2. The van der Waals surface area contributed by atoms with Crippen molar-refractivity contribution in [2.45, 2.75) is 53.4 Å². The Hall–Kier alpha value is -0.850. The van der Waals surface area contributed by atoms with Crippen molar-refractivity contribution in [1.29, 1.82) is 0 Å². The molecule has 2 saturated carbocycles. The van der Waals surface area contributed by atoms with Gasteiger partial charge in [0.25, 0.3) is 0 Å². The quantitative estimate of drug-likeness (QED) is 0.650. The molecule has 0 radical (unpaired) electrons. The molecule has 1 heteroatoms. The first-order valence-corrected chi connectivity index (χ1v) is 8.75. The average Bonchev–Trinajstić information content (AvgIpc) is 2.99. The Morgan fingerprint density at radius 3 is 2.67 bits per heavy atom. The minimum atomic E-state index is 0.208. The van der Waals surface area contributed by atoms with Gasteiger partial charge in [0.05, 0.1) is 0 Å². The molecule has 0 amide bonds. The molecule has 21 heavy (non-hydrogen) atoms. The number of carbonyl (C=O) groups excluding carboxylic acids is 1. The maximum absolute atomic E-state index is 12.9. The lowest BCUT2D eigenvalue weighted by Gasteiger charge is -2.40. The highest BCUT2D eigenvalue weighted by atomic mass is 16.1. The lowest BCUT2D eigenvalue weighted by Crippen LogP contribution is -2.36. The molecule has 0 aromatic rings. The number of fused-ring (bicyclic) bond motifs is 3. The van der Waals surface area contributed by atoms with Crippen LogP contribution in [-0.2, 0) is 4.79 Å². The minimum absolute atomic E-state index is 0.208. The van der Waals surface area contributed by atoms with Crippen LogP contribution < -0.4 is 0 Å². The average molecular weight is 286 g/mol. The topological polar surface area (TPSA) is 17.1 Å². The van der Waals surface area contributed by atoms with Gasteiger partial charge >= 0.3 is 0 Å². The third-order valence-electron chi connectivity index (χ3n) is 7.07. The molecular weight excluding hydrogens is 256 g/mol. The Labute approximate surface area is 129 Å². The van der Waals surface area contributed by atoms with E-state index in [0.29, 0.717) is 34.9 Å². The summed E-state index contributed by atoms with van der Waals surface area (Å²) in [6, 6.07) is 0. The molecule has 116 valence electrons. The van der Waals surface area contributed by atoms with Crippen LogP contribution in [0.1, 0.15) is 53.4 Å². The van der Waals surface area contributed by atoms with Crippen LogP contribution in [0.5, 0.6) is 0 Å². The Bertz CT molecular complexity index is 486. The van der Waals surface area contributed by atoms with Gasteiger partial charge in [0, 0.05) is 5.92 Å². The van der Waals surface area contributed by atoms with Gasteiger partial charge in [-0.05, 0) is 73.2 Å². The van der Waals surface area contributed by atoms with Gasteiger partial charge in [-0.15, -0.1) is 6.58 Å². The predicted octanol–water partition coefficient (Wildman–Crippen LogP) is 5.03. The molecule has 1 nitrogen and oxygen atoms in total. The SMILES string of the molecule is C=C[C@H]1CC[C@H]2[C@@H]1C(=O)C(C)=C[C@H]1[C@H](C(C)C)CC[C@@]12C. The van der Waals surface area contributed by atoms with Gasteiger partial charge in [-0.25, -0.2) is 0 Å². The second-order valence-corrected chi connectivity index (χ2v) is 8.30. The second-order valence-electron chi connectivity index (χ2n) is 8.30. The number of Topliss-reactive ketones (excluding diaryl/α,β-unsaturated/α-hetero) is 1. The number of rotatable bonds is 2. The zero-order valence-electron chi connectivity index (χ0n) is 14.1. The van der Waals surface area contributed by atoms with E-state index in [0.717, 1.165) is 17.9 Å². The molecule has 6 atom stereocenters. The first kappa shape index (κ1) is 15.1. The lowest BCUT2D eigenvalue weighted by molar-refractivity contribution is -0.122. The minimum Gasteiger partial charge on any atom is -0.294 e. The second kappa shape index (κ2) is 5.11.